The third-order valence-electron chi connectivity index (χ3n) is 2.99. The predicted octanol–water partition coefficient (Wildman–Crippen LogP) is 2.71. The van der Waals surface area contributed by atoms with Crippen molar-refractivity contribution in [2.45, 2.75) is 32.6 Å². The standard InChI is InChI=1S/C15H25NO/c1-2-11-16(13-14-17)12-7-6-10-15-8-4-3-5-9-15/h3-5,8-9,17H,2,6-7,10-14H2,1H3. The van der Waals surface area contributed by atoms with Crippen molar-refractivity contribution in [3.63, 3.8) is 0 Å². The molecule has 0 saturated carbocycles. The summed E-state index contributed by atoms with van der Waals surface area (Å²) in [6.07, 6.45) is 4.78. The second-order valence-corrected chi connectivity index (χ2v) is 4.51. The van der Waals surface area contributed by atoms with Crippen LogP contribution in [-0.4, -0.2) is 36.2 Å². The number of unbranched alkanes of at least 4 members (excludes halogenated alkanes) is 1. The minimum absolute atomic E-state index is 0.276. The monoisotopic (exact) mass is 235 g/mol. The fraction of sp³-hybridized carbons (Fsp3) is 0.600. The lowest BCUT2D eigenvalue weighted by Gasteiger charge is -2.20. The van der Waals surface area contributed by atoms with E-state index in [-0.39, 0.29) is 6.61 Å². The van der Waals surface area contributed by atoms with E-state index in [4.69, 9.17) is 5.11 Å². The summed E-state index contributed by atoms with van der Waals surface area (Å²) in [5.41, 5.74) is 1.43. The quantitative estimate of drug-likeness (QED) is 0.665. The van der Waals surface area contributed by atoms with Crippen LogP contribution >= 0.6 is 0 Å². The molecule has 17 heavy (non-hydrogen) atoms. The van der Waals surface area contributed by atoms with Gasteiger partial charge in [-0.05, 0) is 44.3 Å². The number of hydrogen-bond acceptors (Lipinski definition) is 2. The lowest BCUT2D eigenvalue weighted by atomic mass is 10.1. The van der Waals surface area contributed by atoms with Gasteiger partial charge < -0.3 is 10.0 Å². The molecule has 0 atom stereocenters. The number of nitrogens with zero attached hydrogens (tertiary/aromatic N) is 1. The molecule has 0 saturated heterocycles. The average Bonchev–Trinajstić information content (AvgIpc) is 2.36. The molecule has 96 valence electrons. The Labute approximate surface area is 105 Å². The van der Waals surface area contributed by atoms with Gasteiger partial charge in [-0.1, -0.05) is 37.3 Å². The maximum absolute atomic E-state index is 8.96. The van der Waals surface area contributed by atoms with Gasteiger partial charge in [0, 0.05) is 6.54 Å². The Morgan fingerprint density at radius 2 is 1.76 bits per heavy atom. The van der Waals surface area contributed by atoms with Crippen LogP contribution in [0.1, 0.15) is 31.7 Å². The average molecular weight is 235 g/mol. The molecule has 0 unspecified atom stereocenters. The first-order valence-electron chi connectivity index (χ1n) is 6.74. The van der Waals surface area contributed by atoms with Crippen LogP contribution in [0.3, 0.4) is 0 Å². The van der Waals surface area contributed by atoms with Crippen molar-refractivity contribution in [1.29, 1.82) is 0 Å². The molecule has 0 heterocycles. The number of aliphatic hydroxyl groups excluding tert-OH is 1. The van der Waals surface area contributed by atoms with Crippen LogP contribution in [0.15, 0.2) is 30.3 Å². The number of rotatable bonds is 9. The minimum Gasteiger partial charge on any atom is -0.395 e. The van der Waals surface area contributed by atoms with Crippen molar-refractivity contribution in [2.24, 2.45) is 0 Å². The van der Waals surface area contributed by atoms with Gasteiger partial charge in [-0.2, -0.15) is 0 Å². The summed E-state index contributed by atoms with van der Waals surface area (Å²) < 4.78 is 0. The highest BCUT2D eigenvalue weighted by atomic mass is 16.3. The first kappa shape index (κ1) is 14.2. The van der Waals surface area contributed by atoms with Crippen molar-refractivity contribution in [1.82, 2.24) is 4.90 Å². The summed E-state index contributed by atoms with van der Waals surface area (Å²) in [7, 11) is 0. The largest absolute Gasteiger partial charge is 0.395 e. The van der Waals surface area contributed by atoms with Gasteiger partial charge in [0.05, 0.1) is 6.61 Å². The molecule has 1 aromatic carbocycles. The third-order valence-corrected chi connectivity index (χ3v) is 2.99. The van der Waals surface area contributed by atoms with Crippen LogP contribution in [0.25, 0.3) is 0 Å². The molecule has 2 heteroatoms. The Morgan fingerprint density at radius 1 is 1.00 bits per heavy atom. The van der Waals surface area contributed by atoms with E-state index >= 15 is 0 Å². The fourth-order valence-corrected chi connectivity index (χ4v) is 2.10. The predicted molar refractivity (Wildman–Crippen MR) is 73.2 cm³/mol. The molecule has 2 nitrogen and oxygen atoms in total. The molecule has 0 aromatic heterocycles. The smallest absolute Gasteiger partial charge is 0.0558 e. The first-order chi connectivity index (χ1) is 8.36. The van der Waals surface area contributed by atoms with Gasteiger partial charge >= 0.3 is 0 Å². The summed E-state index contributed by atoms with van der Waals surface area (Å²) in [5.74, 6) is 0. The summed E-state index contributed by atoms with van der Waals surface area (Å²) >= 11 is 0. The Kier molecular flexibility index (Phi) is 7.69. The van der Waals surface area contributed by atoms with Gasteiger partial charge in [0.25, 0.3) is 0 Å². The van der Waals surface area contributed by atoms with Gasteiger partial charge in [-0.25, -0.2) is 0 Å². The van der Waals surface area contributed by atoms with Gasteiger partial charge in [-0.15, -0.1) is 0 Å². The lowest BCUT2D eigenvalue weighted by Crippen LogP contribution is -2.28. The Balaban J connectivity index is 2.13. The second-order valence-electron chi connectivity index (χ2n) is 4.51. The Hall–Kier alpha value is -0.860. The van der Waals surface area contributed by atoms with Crippen LogP contribution in [0.4, 0.5) is 0 Å². The summed E-state index contributed by atoms with van der Waals surface area (Å²) in [4.78, 5) is 2.35. The van der Waals surface area contributed by atoms with Gasteiger partial charge in [0.2, 0.25) is 0 Å². The maximum Gasteiger partial charge on any atom is 0.0558 e. The molecule has 0 aliphatic heterocycles. The normalized spacial score (nSPS) is 11.0. The van der Waals surface area contributed by atoms with Crippen molar-refractivity contribution in [2.75, 3.05) is 26.2 Å². The van der Waals surface area contributed by atoms with E-state index in [1.807, 2.05) is 0 Å². The second kappa shape index (κ2) is 9.20. The molecule has 0 aliphatic carbocycles. The zero-order chi connectivity index (χ0) is 12.3. The SMILES string of the molecule is CCCN(CCO)CCCCc1ccccc1. The van der Waals surface area contributed by atoms with E-state index in [1.54, 1.807) is 0 Å². The molecule has 0 amide bonds. The number of hydrogen-bond donors (Lipinski definition) is 1. The van der Waals surface area contributed by atoms with E-state index in [2.05, 4.69) is 42.2 Å². The van der Waals surface area contributed by atoms with Crippen LogP contribution in [-0.2, 0) is 6.42 Å². The molecule has 0 spiro atoms. The summed E-state index contributed by atoms with van der Waals surface area (Å²) in [6.45, 7) is 5.50. The van der Waals surface area contributed by atoms with Gasteiger partial charge in [0.1, 0.15) is 0 Å². The van der Waals surface area contributed by atoms with Crippen LogP contribution < -0.4 is 0 Å². The van der Waals surface area contributed by atoms with E-state index in [0.29, 0.717) is 0 Å². The first-order valence-corrected chi connectivity index (χ1v) is 6.74. The Bertz CT molecular complexity index is 268. The molecule has 0 fully saturated rings. The molecule has 0 radical (unpaired) electrons. The van der Waals surface area contributed by atoms with E-state index in [0.717, 1.165) is 19.6 Å². The third kappa shape index (κ3) is 6.44. The Morgan fingerprint density at radius 3 is 2.41 bits per heavy atom. The molecular weight excluding hydrogens is 210 g/mol. The summed E-state index contributed by atoms with van der Waals surface area (Å²) in [5, 5.41) is 8.96. The number of benzene rings is 1. The highest BCUT2D eigenvalue weighted by Crippen LogP contribution is 2.05. The molecule has 1 rings (SSSR count). The molecular formula is C15H25NO. The number of aryl methyl sites for hydroxylation is 1. The van der Waals surface area contributed by atoms with Crippen LogP contribution in [0.2, 0.25) is 0 Å². The molecule has 0 bridgehead atoms. The topological polar surface area (TPSA) is 23.5 Å². The van der Waals surface area contributed by atoms with Crippen LogP contribution in [0.5, 0.6) is 0 Å². The van der Waals surface area contributed by atoms with E-state index < -0.39 is 0 Å². The molecule has 1 N–H and O–H groups in total. The fourth-order valence-electron chi connectivity index (χ4n) is 2.10. The number of aliphatic hydroxyl groups is 1. The summed E-state index contributed by atoms with van der Waals surface area (Å²) in [6, 6.07) is 10.7. The minimum atomic E-state index is 0.276. The zero-order valence-corrected chi connectivity index (χ0v) is 10.9. The highest BCUT2D eigenvalue weighted by molar-refractivity contribution is 5.14. The van der Waals surface area contributed by atoms with Gasteiger partial charge in [-0.3, -0.25) is 0 Å². The van der Waals surface area contributed by atoms with Crippen molar-refractivity contribution >= 4 is 0 Å². The van der Waals surface area contributed by atoms with E-state index in [1.165, 1.54) is 31.2 Å². The highest BCUT2D eigenvalue weighted by Gasteiger charge is 2.02. The van der Waals surface area contributed by atoms with Gasteiger partial charge in [0.15, 0.2) is 0 Å². The zero-order valence-electron chi connectivity index (χ0n) is 10.9. The van der Waals surface area contributed by atoms with Crippen molar-refractivity contribution in [3.05, 3.63) is 35.9 Å². The molecule has 1 aromatic rings. The lowest BCUT2D eigenvalue weighted by molar-refractivity contribution is 0.193. The molecule has 0 aliphatic rings. The van der Waals surface area contributed by atoms with E-state index in [9.17, 15) is 0 Å². The maximum atomic E-state index is 8.96. The van der Waals surface area contributed by atoms with Crippen molar-refractivity contribution in [3.8, 4) is 0 Å². The van der Waals surface area contributed by atoms with Crippen molar-refractivity contribution < 1.29 is 5.11 Å². The van der Waals surface area contributed by atoms with Crippen LogP contribution in [0, 0.1) is 0 Å².